The van der Waals surface area contributed by atoms with Crippen LogP contribution < -0.4 is 11.1 Å². The van der Waals surface area contributed by atoms with E-state index in [1.807, 2.05) is 0 Å². The molecule has 0 aliphatic heterocycles. The van der Waals surface area contributed by atoms with Crippen molar-refractivity contribution >= 4 is 40.6 Å². The third kappa shape index (κ3) is 2.27. The van der Waals surface area contributed by atoms with E-state index in [2.05, 4.69) is 10.4 Å². The number of benzene rings is 1. The number of aryl methyl sites for hydroxylation is 1. The van der Waals surface area contributed by atoms with E-state index in [1.165, 1.54) is 10.9 Å². The fraction of sp³-hybridized carbons (Fsp3) is 0.0909. The zero-order valence-electron chi connectivity index (χ0n) is 9.45. The van der Waals surface area contributed by atoms with Gasteiger partial charge in [0.05, 0.1) is 21.9 Å². The molecule has 1 heterocycles. The van der Waals surface area contributed by atoms with Gasteiger partial charge in [-0.15, -0.1) is 0 Å². The molecule has 0 fully saturated rings. The minimum atomic E-state index is -0.407. The minimum absolute atomic E-state index is 0.272. The second-order valence-corrected chi connectivity index (χ2v) is 4.43. The number of nitrogens with two attached hydrogens (primary N) is 1. The quantitative estimate of drug-likeness (QED) is 0.890. The van der Waals surface area contributed by atoms with Crippen LogP contribution in [0, 0.1) is 0 Å². The molecule has 0 unspecified atom stereocenters. The number of rotatable bonds is 2. The summed E-state index contributed by atoms with van der Waals surface area (Å²) >= 11 is 11.9. The number of nitrogens with zero attached hydrogens (tertiary/aromatic N) is 2. The normalized spacial score (nSPS) is 10.4. The summed E-state index contributed by atoms with van der Waals surface area (Å²) < 4.78 is 1.41. The molecule has 0 radical (unpaired) electrons. The summed E-state index contributed by atoms with van der Waals surface area (Å²) in [6, 6.07) is 4.96. The summed E-state index contributed by atoms with van der Waals surface area (Å²) in [6.45, 7) is 0. The summed E-state index contributed by atoms with van der Waals surface area (Å²) in [5.41, 5.74) is 6.33. The second kappa shape index (κ2) is 4.88. The molecule has 2 rings (SSSR count). The van der Waals surface area contributed by atoms with Gasteiger partial charge in [-0.25, -0.2) is 0 Å². The smallest absolute Gasteiger partial charge is 0.261 e. The molecule has 18 heavy (non-hydrogen) atoms. The van der Waals surface area contributed by atoms with Crippen molar-refractivity contribution in [3.8, 4) is 0 Å². The van der Waals surface area contributed by atoms with Crippen LogP contribution in [0.2, 0.25) is 10.0 Å². The van der Waals surface area contributed by atoms with Crippen molar-refractivity contribution in [2.24, 2.45) is 7.05 Å². The first-order chi connectivity index (χ1) is 8.50. The summed E-state index contributed by atoms with van der Waals surface area (Å²) in [4.78, 5) is 12.0. The third-order valence-electron chi connectivity index (χ3n) is 2.43. The van der Waals surface area contributed by atoms with Crippen molar-refractivity contribution in [2.45, 2.75) is 0 Å². The van der Waals surface area contributed by atoms with Gasteiger partial charge in [-0.3, -0.25) is 9.48 Å². The minimum Gasteiger partial charge on any atom is -0.383 e. The van der Waals surface area contributed by atoms with Gasteiger partial charge in [-0.05, 0) is 12.1 Å². The summed E-state index contributed by atoms with van der Waals surface area (Å²) in [5, 5.41) is 7.22. The SMILES string of the molecule is Cn1ncc(C(=O)Nc2c(Cl)cccc2Cl)c1N. The van der Waals surface area contributed by atoms with Gasteiger partial charge in [0, 0.05) is 7.05 Å². The van der Waals surface area contributed by atoms with Crippen molar-refractivity contribution in [3.05, 3.63) is 40.0 Å². The van der Waals surface area contributed by atoms with Crippen LogP contribution in [0.5, 0.6) is 0 Å². The van der Waals surface area contributed by atoms with Crippen molar-refractivity contribution in [1.29, 1.82) is 0 Å². The Morgan fingerprint density at radius 2 is 2.00 bits per heavy atom. The molecule has 3 N–H and O–H groups in total. The molecule has 0 spiro atoms. The highest BCUT2D eigenvalue weighted by atomic mass is 35.5. The lowest BCUT2D eigenvalue weighted by molar-refractivity contribution is 0.102. The topological polar surface area (TPSA) is 72.9 Å². The molecule has 0 saturated heterocycles. The molecule has 7 heteroatoms. The van der Waals surface area contributed by atoms with E-state index < -0.39 is 5.91 Å². The third-order valence-corrected chi connectivity index (χ3v) is 3.06. The number of halogens is 2. The van der Waals surface area contributed by atoms with Crippen LogP contribution in [-0.2, 0) is 7.05 Å². The summed E-state index contributed by atoms with van der Waals surface area (Å²) in [6.07, 6.45) is 1.38. The molecule has 0 aliphatic rings. The highest BCUT2D eigenvalue weighted by molar-refractivity contribution is 6.40. The lowest BCUT2D eigenvalue weighted by Crippen LogP contribution is -2.14. The second-order valence-electron chi connectivity index (χ2n) is 3.62. The van der Waals surface area contributed by atoms with Crippen LogP contribution in [0.15, 0.2) is 24.4 Å². The van der Waals surface area contributed by atoms with Gasteiger partial charge < -0.3 is 11.1 Å². The monoisotopic (exact) mass is 284 g/mol. The van der Waals surface area contributed by atoms with E-state index in [-0.39, 0.29) is 11.4 Å². The fourth-order valence-electron chi connectivity index (χ4n) is 1.42. The Bertz CT molecular complexity index is 589. The van der Waals surface area contributed by atoms with Crippen molar-refractivity contribution in [2.75, 3.05) is 11.1 Å². The maximum atomic E-state index is 12.0. The predicted octanol–water partition coefficient (Wildman–Crippen LogP) is 2.56. The molecule has 0 atom stereocenters. The van der Waals surface area contributed by atoms with E-state index in [1.54, 1.807) is 25.2 Å². The molecular weight excluding hydrogens is 275 g/mol. The summed E-state index contributed by atoms with van der Waals surface area (Å²) in [7, 11) is 1.65. The molecule has 1 amide bonds. The number of nitrogens with one attached hydrogen (secondary N) is 1. The Morgan fingerprint density at radius 3 is 2.50 bits per heavy atom. The number of amides is 1. The number of hydrogen-bond acceptors (Lipinski definition) is 3. The van der Waals surface area contributed by atoms with Gasteiger partial charge in [-0.1, -0.05) is 29.3 Å². The van der Waals surface area contributed by atoms with Crippen molar-refractivity contribution in [3.63, 3.8) is 0 Å². The largest absolute Gasteiger partial charge is 0.383 e. The highest BCUT2D eigenvalue weighted by Crippen LogP contribution is 2.30. The molecule has 5 nitrogen and oxygen atoms in total. The fourth-order valence-corrected chi connectivity index (χ4v) is 1.91. The molecule has 1 aromatic heterocycles. The lowest BCUT2D eigenvalue weighted by Gasteiger charge is -2.08. The van der Waals surface area contributed by atoms with Gasteiger partial charge in [0.2, 0.25) is 0 Å². The highest BCUT2D eigenvalue weighted by Gasteiger charge is 2.16. The molecule has 0 aliphatic carbocycles. The van der Waals surface area contributed by atoms with Crippen LogP contribution in [0.3, 0.4) is 0 Å². The number of nitrogen functional groups attached to an aromatic ring is 1. The van der Waals surface area contributed by atoms with Gasteiger partial charge in [-0.2, -0.15) is 5.10 Å². The molecule has 1 aromatic carbocycles. The van der Waals surface area contributed by atoms with Gasteiger partial charge in [0.15, 0.2) is 0 Å². The standard InChI is InChI=1S/C11H10Cl2N4O/c1-17-10(14)6(5-15-17)11(18)16-9-7(12)3-2-4-8(9)13/h2-5H,14H2,1H3,(H,16,18). The number of anilines is 2. The number of aromatic nitrogens is 2. The number of para-hydroxylation sites is 1. The zero-order chi connectivity index (χ0) is 13.3. The zero-order valence-corrected chi connectivity index (χ0v) is 11.0. The van der Waals surface area contributed by atoms with Crippen LogP contribution in [0.1, 0.15) is 10.4 Å². The first-order valence-electron chi connectivity index (χ1n) is 5.03. The predicted molar refractivity (Wildman–Crippen MR) is 72.0 cm³/mol. The van der Waals surface area contributed by atoms with E-state index in [0.29, 0.717) is 15.7 Å². The maximum absolute atomic E-state index is 12.0. The van der Waals surface area contributed by atoms with Gasteiger partial charge in [0.25, 0.3) is 5.91 Å². The molecule has 2 aromatic rings. The van der Waals surface area contributed by atoms with Crippen LogP contribution in [0.25, 0.3) is 0 Å². The van der Waals surface area contributed by atoms with E-state index >= 15 is 0 Å². The maximum Gasteiger partial charge on any atom is 0.261 e. The number of carbonyl (C=O) groups is 1. The summed E-state index contributed by atoms with van der Waals surface area (Å²) in [5.74, 6) is -0.133. The molecule has 0 saturated carbocycles. The number of carbonyl (C=O) groups excluding carboxylic acids is 1. The Morgan fingerprint density at radius 1 is 1.39 bits per heavy atom. The molecular formula is C11H10Cl2N4O. The molecule has 94 valence electrons. The van der Waals surface area contributed by atoms with E-state index in [9.17, 15) is 4.79 Å². The van der Waals surface area contributed by atoms with Crippen molar-refractivity contribution in [1.82, 2.24) is 9.78 Å². The van der Waals surface area contributed by atoms with Crippen LogP contribution >= 0.6 is 23.2 Å². The van der Waals surface area contributed by atoms with Gasteiger partial charge >= 0.3 is 0 Å². The first-order valence-corrected chi connectivity index (χ1v) is 5.79. The Balaban J connectivity index is 2.30. The average Bonchev–Trinajstić information content (AvgIpc) is 2.65. The first kappa shape index (κ1) is 12.7. The lowest BCUT2D eigenvalue weighted by atomic mass is 10.2. The Hall–Kier alpha value is -1.72. The van der Waals surface area contributed by atoms with E-state index in [4.69, 9.17) is 28.9 Å². The number of hydrogen-bond donors (Lipinski definition) is 2. The van der Waals surface area contributed by atoms with Crippen LogP contribution in [0.4, 0.5) is 11.5 Å². The average molecular weight is 285 g/mol. The molecule has 0 bridgehead atoms. The van der Waals surface area contributed by atoms with Crippen LogP contribution in [-0.4, -0.2) is 15.7 Å². The van der Waals surface area contributed by atoms with Gasteiger partial charge in [0.1, 0.15) is 11.4 Å². The Labute approximate surface area is 113 Å². The Kier molecular flexibility index (Phi) is 3.45. The van der Waals surface area contributed by atoms with Crippen molar-refractivity contribution < 1.29 is 4.79 Å². The van der Waals surface area contributed by atoms with E-state index in [0.717, 1.165) is 0 Å².